The first-order valence-corrected chi connectivity index (χ1v) is 6.24. The predicted molar refractivity (Wildman–Crippen MR) is 74.1 cm³/mol. The van der Waals surface area contributed by atoms with Crippen LogP contribution in [0.2, 0.25) is 0 Å². The smallest absolute Gasteiger partial charge is 0.338 e. The van der Waals surface area contributed by atoms with Crippen LogP contribution >= 0.6 is 0 Å². The van der Waals surface area contributed by atoms with Crippen LogP contribution in [-0.2, 0) is 9.53 Å². The molecule has 0 unspecified atom stereocenters. The Morgan fingerprint density at radius 3 is 2.32 bits per heavy atom. The van der Waals surface area contributed by atoms with Crippen LogP contribution < -0.4 is 5.32 Å². The average molecular weight is 263 g/mol. The van der Waals surface area contributed by atoms with Gasteiger partial charge < -0.3 is 10.1 Å². The summed E-state index contributed by atoms with van der Waals surface area (Å²) in [7, 11) is 0. The third-order valence-corrected chi connectivity index (χ3v) is 2.59. The number of esters is 1. The molecule has 0 aliphatic heterocycles. The van der Waals surface area contributed by atoms with Crippen molar-refractivity contribution in [3.63, 3.8) is 0 Å². The number of aryl methyl sites for hydroxylation is 2. The van der Waals surface area contributed by atoms with Crippen LogP contribution in [0.5, 0.6) is 0 Å². The van der Waals surface area contributed by atoms with Crippen molar-refractivity contribution in [3.8, 4) is 0 Å². The number of benzene rings is 1. The van der Waals surface area contributed by atoms with Crippen LogP contribution in [-0.4, -0.2) is 24.0 Å². The van der Waals surface area contributed by atoms with Gasteiger partial charge >= 0.3 is 5.97 Å². The maximum atomic E-state index is 11.8. The van der Waals surface area contributed by atoms with E-state index >= 15 is 0 Å². The van der Waals surface area contributed by atoms with Gasteiger partial charge in [0.05, 0.1) is 5.56 Å². The minimum atomic E-state index is -0.479. The second-order valence-electron chi connectivity index (χ2n) is 5.67. The Balaban J connectivity index is 2.56. The zero-order chi connectivity index (χ0) is 14.6. The summed E-state index contributed by atoms with van der Waals surface area (Å²) in [6, 6.07) is 5.33. The molecule has 4 nitrogen and oxygen atoms in total. The number of ether oxygens (including phenoxy) is 1. The first-order chi connectivity index (χ1) is 8.69. The Morgan fingerprint density at radius 2 is 1.79 bits per heavy atom. The molecule has 4 heteroatoms. The maximum absolute atomic E-state index is 11.8. The minimum absolute atomic E-state index is 0.261. The lowest BCUT2D eigenvalue weighted by molar-refractivity contribution is -0.125. The van der Waals surface area contributed by atoms with Crippen molar-refractivity contribution in [1.29, 1.82) is 0 Å². The van der Waals surface area contributed by atoms with Crippen LogP contribution in [0.15, 0.2) is 18.2 Å². The van der Waals surface area contributed by atoms with Gasteiger partial charge in [0.15, 0.2) is 6.61 Å². The molecule has 1 N–H and O–H groups in total. The molecular formula is C15H21NO3. The monoisotopic (exact) mass is 263 g/mol. The minimum Gasteiger partial charge on any atom is -0.452 e. The van der Waals surface area contributed by atoms with Crippen molar-refractivity contribution in [2.75, 3.05) is 6.61 Å². The van der Waals surface area contributed by atoms with Gasteiger partial charge in [-0.1, -0.05) is 6.07 Å². The standard InChI is InChI=1S/C15H21NO3/c1-10-6-7-12(8-11(10)2)14(18)19-9-13(17)16-15(3,4)5/h6-8H,9H2,1-5H3,(H,16,17). The predicted octanol–water partition coefficient (Wildman–Crippen LogP) is 2.37. The largest absolute Gasteiger partial charge is 0.452 e. The number of amides is 1. The summed E-state index contributed by atoms with van der Waals surface area (Å²) >= 11 is 0. The Morgan fingerprint density at radius 1 is 1.16 bits per heavy atom. The number of hydrogen-bond donors (Lipinski definition) is 1. The van der Waals surface area contributed by atoms with Crippen molar-refractivity contribution in [2.24, 2.45) is 0 Å². The van der Waals surface area contributed by atoms with Gasteiger partial charge in [-0.2, -0.15) is 0 Å². The van der Waals surface area contributed by atoms with E-state index in [-0.39, 0.29) is 18.1 Å². The first kappa shape index (κ1) is 15.2. The quantitative estimate of drug-likeness (QED) is 0.852. The highest BCUT2D eigenvalue weighted by Gasteiger charge is 2.16. The normalized spacial score (nSPS) is 11.0. The van der Waals surface area contributed by atoms with Crippen molar-refractivity contribution in [1.82, 2.24) is 5.32 Å². The molecule has 0 atom stereocenters. The van der Waals surface area contributed by atoms with Gasteiger partial charge in [0.25, 0.3) is 5.91 Å². The van der Waals surface area contributed by atoms with Crippen LogP contribution in [0, 0.1) is 13.8 Å². The Hall–Kier alpha value is -1.84. The summed E-state index contributed by atoms with van der Waals surface area (Å²) in [6.45, 7) is 9.25. The molecule has 0 spiro atoms. The molecule has 1 amide bonds. The Bertz CT molecular complexity index is 487. The maximum Gasteiger partial charge on any atom is 0.338 e. The van der Waals surface area contributed by atoms with E-state index in [2.05, 4.69) is 5.32 Å². The molecule has 104 valence electrons. The molecule has 1 aromatic carbocycles. The van der Waals surface area contributed by atoms with Gasteiger partial charge in [0, 0.05) is 5.54 Å². The van der Waals surface area contributed by atoms with Gasteiger partial charge in [-0.05, 0) is 57.9 Å². The lowest BCUT2D eigenvalue weighted by Gasteiger charge is -2.20. The SMILES string of the molecule is Cc1ccc(C(=O)OCC(=O)NC(C)(C)C)cc1C. The van der Waals surface area contributed by atoms with Crippen molar-refractivity contribution in [3.05, 3.63) is 34.9 Å². The number of nitrogens with one attached hydrogen (secondary N) is 1. The molecule has 0 aliphatic rings. The fourth-order valence-electron chi connectivity index (χ4n) is 1.54. The molecular weight excluding hydrogens is 242 g/mol. The molecule has 0 bridgehead atoms. The summed E-state index contributed by atoms with van der Waals surface area (Å²) in [5.41, 5.74) is 2.27. The third kappa shape index (κ3) is 5.12. The van der Waals surface area contributed by atoms with Crippen molar-refractivity contribution >= 4 is 11.9 Å². The highest BCUT2D eigenvalue weighted by atomic mass is 16.5. The molecule has 0 aliphatic carbocycles. The zero-order valence-corrected chi connectivity index (χ0v) is 12.2. The lowest BCUT2D eigenvalue weighted by atomic mass is 10.1. The second kappa shape index (κ2) is 5.87. The Labute approximate surface area is 114 Å². The number of hydrogen-bond acceptors (Lipinski definition) is 3. The summed E-state index contributed by atoms with van der Waals surface area (Å²) < 4.78 is 4.98. The molecule has 1 rings (SSSR count). The third-order valence-electron chi connectivity index (χ3n) is 2.59. The van der Waals surface area contributed by atoms with Crippen molar-refractivity contribution in [2.45, 2.75) is 40.2 Å². The van der Waals surface area contributed by atoms with Crippen molar-refractivity contribution < 1.29 is 14.3 Å². The van der Waals surface area contributed by atoms with E-state index in [1.807, 2.05) is 40.7 Å². The van der Waals surface area contributed by atoms with Gasteiger partial charge in [-0.25, -0.2) is 4.79 Å². The molecule has 0 radical (unpaired) electrons. The van der Waals surface area contributed by atoms with Crippen LogP contribution in [0.3, 0.4) is 0 Å². The van der Waals surface area contributed by atoms with E-state index in [9.17, 15) is 9.59 Å². The Kier molecular flexibility index (Phi) is 4.70. The summed E-state index contributed by atoms with van der Waals surface area (Å²) in [4.78, 5) is 23.3. The fourth-order valence-corrected chi connectivity index (χ4v) is 1.54. The van der Waals surface area contributed by atoms with Crippen LogP contribution in [0.25, 0.3) is 0 Å². The first-order valence-electron chi connectivity index (χ1n) is 6.24. The van der Waals surface area contributed by atoms with E-state index in [0.717, 1.165) is 11.1 Å². The topological polar surface area (TPSA) is 55.4 Å². The van der Waals surface area contributed by atoms with E-state index in [0.29, 0.717) is 5.56 Å². The average Bonchev–Trinajstić information content (AvgIpc) is 2.27. The van der Waals surface area contributed by atoms with E-state index < -0.39 is 5.97 Å². The van der Waals surface area contributed by atoms with Gasteiger partial charge in [-0.3, -0.25) is 4.79 Å². The lowest BCUT2D eigenvalue weighted by Crippen LogP contribution is -2.42. The van der Waals surface area contributed by atoms with E-state index in [4.69, 9.17) is 4.74 Å². The molecule has 1 aromatic rings. The summed E-state index contributed by atoms with van der Waals surface area (Å²) in [6.07, 6.45) is 0. The summed E-state index contributed by atoms with van der Waals surface area (Å²) in [5, 5.41) is 2.73. The summed E-state index contributed by atoms with van der Waals surface area (Å²) in [5.74, 6) is -0.781. The van der Waals surface area contributed by atoms with E-state index in [1.54, 1.807) is 12.1 Å². The molecule has 0 aromatic heterocycles. The zero-order valence-electron chi connectivity index (χ0n) is 12.2. The van der Waals surface area contributed by atoms with Gasteiger partial charge in [-0.15, -0.1) is 0 Å². The molecule has 0 heterocycles. The van der Waals surface area contributed by atoms with Crippen LogP contribution in [0.4, 0.5) is 0 Å². The highest BCUT2D eigenvalue weighted by Crippen LogP contribution is 2.10. The number of carbonyl (C=O) groups excluding carboxylic acids is 2. The highest BCUT2D eigenvalue weighted by molar-refractivity contribution is 5.91. The van der Waals surface area contributed by atoms with E-state index in [1.165, 1.54) is 0 Å². The number of carbonyl (C=O) groups is 2. The fraction of sp³-hybridized carbons (Fsp3) is 0.467. The number of rotatable bonds is 3. The second-order valence-corrected chi connectivity index (χ2v) is 5.67. The molecule has 19 heavy (non-hydrogen) atoms. The van der Waals surface area contributed by atoms with Gasteiger partial charge in [0.1, 0.15) is 0 Å². The molecule has 0 saturated heterocycles. The molecule has 0 saturated carbocycles. The molecule has 0 fully saturated rings. The van der Waals surface area contributed by atoms with Crippen LogP contribution in [0.1, 0.15) is 42.3 Å². The van der Waals surface area contributed by atoms with Gasteiger partial charge in [0.2, 0.25) is 0 Å².